The summed E-state index contributed by atoms with van der Waals surface area (Å²) in [5, 5.41) is 0. The SMILES string of the molecule is C[C@@H]1C(=O)N2CCC[C@H]2CN1Cc1nccn1Cc1ccccc1. The van der Waals surface area contributed by atoms with Crippen LogP contribution in [0.1, 0.15) is 31.2 Å². The molecule has 1 amide bonds. The first-order valence-corrected chi connectivity index (χ1v) is 8.81. The van der Waals surface area contributed by atoms with E-state index in [1.165, 1.54) is 5.56 Å². The largest absolute Gasteiger partial charge is 0.337 e. The lowest BCUT2D eigenvalue weighted by Crippen LogP contribution is -2.58. The molecule has 2 aromatic rings. The van der Waals surface area contributed by atoms with Gasteiger partial charge in [-0.2, -0.15) is 0 Å². The number of imidazole rings is 1. The molecule has 0 N–H and O–H groups in total. The van der Waals surface area contributed by atoms with Crippen LogP contribution in [0.3, 0.4) is 0 Å². The van der Waals surface area contributed by atoms with Gasteiger partial charge in [-0.15, -0.1) is 0 Å². The van der Waals surface area contributed by atoms with Gasteiger partial charge < -0.3 is 9.47 Å². The third kappa shape index (κ3) is 2.84. The van der Waals surface area contributed by atoms with Crippen LogP contribution >= 0.6 is 0 Å². The van der Waals surface area contributed by atoms with Crippen LogP contribution in [-0.4, -0.2) is 50.4 Å². The Morgan fingerprint density at radius 2 is 2.04 bits per heavy atom. The van der Waals surface area contributed by atoms with E-state index >= 15 is 0 Å². The van der Waals surface area contributed by atoms with E-state index in [2.05, 4.69) is 43.6 Å². The quantitative estimate of drug-likeness (QED) is 0.865. The lowest BCUT2D eigenvalue weighted by atomic mass is 10.1. The molecule has 0 bridgehead atoms. The lowest BCUT2D eigenvalue weighted by molar-refractivity contribution is -0.143. The van der Waals surface area contributed by atoms with Crippen LogP contribution in [0.2, 0.25) is 0 Å². The first kappa shape index (κ1) is 15.4. The molecule has 2 aliphatic rings. The summed E-state index contributed by atoms with van der Waals surface area (Å²) in [5.74, 6) is 1.31. The molecule has 1 aromatic heterocycles. The molecule has 5 nitrogen and oxygen atoms in total. The Bertz CT molecular complexity index is 711. The van der Waals surface area contributed by atoms with E-state index in [1.54, 1.807) is 0 Å². The van der Waals surface area contributed by atoms with Crippen LogP contribution in [0.4, 0.5) is 0 Å². The monoisotopic (exact) mass is 324 g/mol. The van der Waals surface area contributed by atoms with E-state index in [0.717, 1.165) is 44.8 Å². The molecule has 2 fully saturated rings. The Hall–Kier alpha value is -2.14. The second kappa shape index (κ2) is 6.40. The van der Waals surface area contributed by atoms with Gasteiger partial charge in [0.25, 0.3) is 0 Å². The summed E-state index contributed by atoms with van der Waals surface area (Å²) in [5.41, 5.74) is 1.27. The van der Waals surface area contributed by atoms with E-state index in [-0.39, 0.29) is 11.9 Å². The highest BCUT2D eigenvalue weighted by Crippen LogP contribution is 2.26. The summed E-state index contributed by atoms with van der Waals surface area (Å²) in [6.07, 6.45) is 6.16. The zero-order chi connectivity index (χ0) is 16.5. The molecular weight excluding hydrogens is 300 g/mol. The molecule has 2 saturated heterocycles. The molecule has 4 rings (SSSR count). The van der Waals surface area contributed by atoms with Crippen LogP contribution in [0, 0.1) is 0 Å². The number of benzene rings is 1. The third-order valence-corrected chi connectivity index (χ3v) is 5.35. The van der Waals surface area contributed by atoms with Crippen LogP contribution in [-0.2, 0) is 17.9 Å². The van der Waals surface area contributed by atoms with Crippen molar-refractivity contribution in [3.63, 3.8) is 0 Å². The third-order valence-electron chi connectivity index (χ3n) is 5.35. The average molecular weight is 324 g/mol. The number of hydrogen-bond donors (Lipinski definition) is 0. The van der Waals surface area contributed by atoms with Crippen molar-refractivity contribution in [1.29, 1.82) is 0 Å². The zero-order valence-electron chi connectivity index (χ0n) is 14.1. The molecule has 0 aliphatic carbocycles. The minimum Gasteiger partial charge on any atom is -0.337 e. The smallest absolute Gasteiger partial charge is 0.239 e. The number of carbonyl (C=O) groups is 1. The standard InChI is InChI=1S/C19H24N4O/c1-15-19(24)23-10-5-8-17(23)13-22(15)14-18-20-9-11-21(18)12-16-6-3-2-4-7-16/h2-4,6-7,9,11,15,17H,5,8,10,12-14H2,1H3/t15-,17+/m1/s1. The summed E-state index contributed by atoms with van der Waals surface area (Å²) in [4.78, 5) is 21.5. The van der Waals surface area contributed by atoms with Crippen LogP contribution in [0.15, 0.2) is 42.7 Å². The van der Waals surface area contributed by atoms with Gasteiger partial charge in [-0.1, -0.05) is 30.3 Å². The van der Waals surface area contributed by atoms with Gasteiger partial charge in [0.15, 0.2) is 0 Å². The fourth-order valence-electron chi connectivity index (χ4n) is 3.94. The van der Waals surface area contributed by atoms with Crippen molar-refractivity contribution in [1.82, 2.24) is 19.4 Å². The van der Waals surface area contributed by atoms with Crippen molar-refractivity contribution >= 4 is 5.91 Å². The predicted molar refractivity (Wildman–Crippen MR) is 92.4 cm³/mol. The molecule has 1 aromatic carbocycles. The second-order valence-corrected chi connectivity index (χ2v) is 6.89. The van der Waals surface area contributed by atoms with Crippen molar-refractivity contribution < 1.29 is 4.79 Å². The van der Waals surface area contributed by atoms with Crippen molar-refractivity contribution in [2.24, 2.45) is 0 Å². The predicted octanol–water partition coefficient (Wildman–Crippen LogP) is 2.13. The van der Waals surface area contributed by atoms with Crippen molar-refractivity contribution in [3.05, 3.63) is 54.1 Å². The number of piperazine rings is 1. The summed E-state index contributed by atoms with van der Waals surface area (Å²) in [7, 11) is 0. The molecule has 0 radical (unpaired) electrons. The molecule has 0 saturated carbocycles. The highest BCUT2D eigenvalue weighted by molar-refractivity contribution is 5.82. The number of carbonyl (C=O) groups excluding carboxylic acids is 1. The minimum atomic E-state index is -0.0544. The number of aromatic nitrogens is 2. The van der Waals surface area contributed by atoms with E-state index < -0.39 is 0 Å². The van der Waals surface area contributed by atoms with E-state index in [1.807, 2.05) is 25.4 Å². The first-order valence-electron chi connectivity index (χ1n) is 8.81. The Morgan fingerprint density at radius 1 is 1.21 bits per heavy atom. The maximum Gasteiger partial charge on any atom is 0.239 e. The van der Waals surface area contributed by atoms with Crippen LogP contribution < -0.4 is 0 Å². The maximum absolute atomic E-state index is 12.6. The fourth-order valence-corrected chi connectivity index (χ4v) is 3.94. The van der Waals surface area contributed by atoms with Gasteiger partial charge in [-0.05, 0) is 25.3 Å². The molecule has 24 heavy (non-hydrogen) atoms. The van der Waals surface area contributed by atoms with E-state index in [0.29, 0.717) is 6.04 Å². The van der Waals surface area contributed by atoms with E-state index in [4.69, 9.17) is 0 Å². The topological polar surface area (TPSA) is 41.4 Å². The summed E-state index contributed by atoms with van der Waals surface area (Å²) in [6, 6.07) is 10.8. The fraction of sp³-hybridized carbons (Fsp3) is 0.474. The summed E-state index contributed by atoms with van der Waals surface area (Å²) < 4.78 is 2.19. The Morgan fingerprint density at radius 3 is 2.88 bits per heavy atom. The van der Waals surface area contributed by atoms with Crippen LogP contribution in [0.25, 0.3) is 0 Å². The van der Waals surface area contributed by atoms with Crippen LogP contribution in [0.5, 0.6) is 0 Å². The number of fused-ring (bicyclic) bond motifs is 1. The second-order valence-electron chi connectivity index (χ2n) is 6.89. The number of rotatable bonds is 4. The Balaban J connectivity index is 1.49. The van der Waals surface area contributed by atoms with Gasteiger partial charge in [0.05, 0.1) is 12.6 Å². The summed E-state index contributed by atoms with van der Waals surface area (Å²) in [6.45, 7) is 5.48. The highest BCUT2D eigenvalue weighted by Gasteiger charge is 2.40. The molecule has 0 spiro atoms. The van der Waals surface area contributed by atoms with Gasteiger partial charge >= 0.3 is 0 Å². The first-order chi connectivity index (χ1) is 11.7. The number of amides is 1. The van der Waals surface area contributed by atoms with Gasteiger partial charge in [0, 0.05) is 38.1 Å². The lowest BCUT2D eigenvalue weighted by Gasteiger charge is -2.41. The molecule has 5 heteroatoms. The Labute approximate surface area is 142 Å². The molecule has 126 valence electrons. The zero-order valence-corrected chi connectivity index (χ0v) is 14.1. The van der Waals surface area contributed by atoms with Gasteiger partial charge in [-0.3, -0.25) is 9.69 Å². The normalized spacial score (nSPS) is 24.4. The molecule has 2 atom stereocenters. The molecule has 3 heterocycles. The van der Waals surface area contributed by atoms with Gasteiger partial charge in [0.1, 0.15) is 5.82 Å². The number of nitrogens with zero attached hydrogens (tertiary/aromatic N) is 4. The Kier molecular flexibility index (Phi) is 4.10. The molecule has 0 unspecified atom stereocenters. The molecule has 2 aliphatic heterocycles. The van der Waals surface area contributed by atoms with E-state index in [9.17, 15) is 4.79 Å². The van der Waals surface area contributed by atoms with Crippen molar-refractivity contribution in [2.45, 2.75) is 44.9 Å². The molecular formula is C19H24N4O. The number of hydrogen-bond acceptors (Lipinski definition) is 3. The van der Waals surface area contributed by atoms with Gasteiger partial charge in [0.2, 0.25) is 5.91 Å². The maximum atomic E-state index is 12.6. The average Bonchev–Trinajstić information content (AvgIpc) is 3.23. The highest BCUT2D eigenvalue weighted by atomic mass is 16.2. The van der Waals surface area contributed by atoms with Crippen molar-refractivity contribution in [2.75, 3.05) is 13.1 Å². The minimum absolute atomic E-state index is 0.0544. The van der Waals surface area contributed by atoms with Crippen molar-refractivity contribution in [3.8, 4) is 0 Å². The van der Waals surface area contributed by atoms with Gasteiger partial charge in [-0.25, -0.2) is 4.98 Å². The summed E-state index contributed by atoms with van der Waals surface area (Å²) >= 11 is 0.